The van der Waals surface area contributed by atoms with Crippen LogP contribution in [0.1, 0.15) is 24.3 Å². The molecule has 1 amide bonds. The highest BCUT2D eigenvalue weighted by Crippen LogP contribution is 2.24. The van der Waals surface area contributed by atoms with Gasteiger partial charge in [-0.2, -0.15) is 0 Å². The van der Waals surface area contributed by atoms with E-state index in [0.29, 0.717) is 29.6 Å². The van der Waals surface area contributed by atoms with E-state index in [1.807, 2.05) is 26.0 Å². The van der Waals surface area contributed by atoms with Crippen molar-refractivity contribution in [3.8, 4) is 11.3 Å². The molecule has 0 bridgehead atoms. The summed E-state index contributed by atoms with van der Waals surface area (Å²) in [6.07, 6.45) is 0.0407. The van der Waals surface area contributed by atoms with Crippen molar-refractivity contribution in [1.82, 2.24) is 10.1 Å². The molecule has 2 heterocycles. The van der Waals surface area contributed by atoms with Gasteiger partial charge >= 0.3 is 0 Å². The maximum atomic E-state index is 12.5. The van der Waals surface area contributed by atoms with Crippen molar-refractivity contribution in [1.29, 1.82) is 0 Å². The van der Waals surface area contributed by atoms with Gasteiger partial charge in [0.25, 0.3) is 5.91 Å². The topological polar surface area (TPSA) is 55.6 Å². The quantitative estimate of drug-likeness (QED) is 0.852. The number of morpholine rings is 1. The number of carbonyl (C=O) groups is 1. The number of aromatic nitrogens is 1. The van der Waals surface area contributed by atoms with Gasteiger partial charge in [-0.1, -0.05) is 28.9 Å². The van der Waals surface area contributed by atoms with E-state index < -0.39 is 0 Å². The van der Waals surface area contributed by atoms with Gasteiger partial charge in [-0.15, -0.1) is 0 Å². The highest BCUT2D eigenvalue weighted by Gasteiger charge is 2.28. The van der Waals surface area contributed by atoms with E-state index in [1.54, 1.807) is 23.1 Å². The number of benzene rings is 1. The number of carbonyl (C=O) groups excluding carboxylic acids is 1. The average molecular weight is 321 g/mol. The van der Waals surface area contributed by atoms with E-state index in [9.17, 15) is 4.79 Å². The first-order valence-corrected chi connectivity index (χ1v) is 7.58. The summed E-state index contributed by atoms with van der Waals surface area (Å²) in [5, 5.41) is 4.51. The first-order valence-electron chi connectivity index (χ1n) is 7.20. The second-order valence-electron chi connectivity index (χ2n) is 5.55. The van der Waals surface area contributed by atoms with E-state index in [2.05, 4.69) is 5.16 Å². The highest BCUT2D eigenvalue weighted by atomic mass is 35.5. The largest absolute Gasteiger partial charge is 0.372 e. The Morgan fingerprint density at radius 2 is 2.00 bits per heavy atom. The van der Waals surface area contributed by atoms with Crippen LogP contribution in [0.2, 0.25) is 5.02 Å². The molecule has 5 nitrogen and oxygen atoms in total. The number of nitrogens with zero attached hydrogens (tertiary/aromatic N) is 2. The van der Waals surface area contributed by atoms with Gasteiger partial charge in [0, 0.05) is 29.7 Å². The zero-order chi connectivity index (χ0) is 15.7. The van der Waals surface area contributed by atoms with Crippen LogP contribution in [0.4, 0.5) is 0 Å². The summed E-state index contributed by atoms with van der Waals surface area (Å²) in [6, 6.07) is 8.89. The minimum absolute atomic E-state index is 0.0204. The monoisotopic (exact) mass is 320 g/mol. The van der Waals surface area contributed by atoms with Crippen molar-refractivity contribution in [2.75, 3.05) is 13.1 Å². The third-order valence-corrected chi connectivity index (χ3v) is 3.78. The first kappa shape index (κ1) is 15.1. The molecule has 1 fully saturated rings. The van der Waals surface area contributed by atoms with E-state index >= 15 is 0 Å². The fourth-order valence-electron chi connectivity index (χ4n) is 2.66. The van der Waals surface area contributed by atoms with Gasteiger partial charge in [0.05, 0.1) is 12.2 Å². The van der Waals surface area contributed by atoms with Gasteiger partial charge in [0.15, 0.2) is 11.5 Å². The van der Waals surface area contributed by atoms with Gasteiger partial charge in [-0.3, -0.25) is 4.79 Å². The Morgan fingerprint density at radius 3 is 2.68 bits per heavy atom. The SMILES string of the molecule is CC1CN(C(=O)c2cc(-c3cccc(Cl)c3)on2)CC(C)O1. The minimum Gasteiger partial charge on any atom is -0.372 e. The Hall–Kier alpha value is -1.85. The lowest BCUT2D eigenvalue weighted by Gasteiger charge is -2.34. The van der Waals surface area contributed by atoms with Crippen LogP contribution < -0.4 is 0 Å². The molecule has 2 atom stereocenters. The van der Waals surface area contributed by atoms with Crippen molar-refractivity contribution >= 4 is 17.5 Å². The lowest BCUT2D eigenvalue weighted by atomic mass is 10.1. The lowest BCUT2D eigenvalue weighted by molar-refractivity contribution is -0.0588. The molecule has 1 aromatic carbocycles. The van der Waals surface area contributed by atoms with E-state index in [1.165, 1.54) is 0 Å². The summed E-state index contributed by atoms with van der Waals surface area (Å²) in [5.41, 5.74) is 1.10. The first-order chi connectivity index (χ1) is 10.5. The second-order valence-corrected chi connectivity index (χ2v) is 5.99. The molecule has 0 saturated carbocycles. The van der Waals surface area contributed by atoms with E-state index in [0.717, 1.165) is 5.56 Å². The summed E-state index contributed by atoms with van der Waals surface area (Å²) in [5.74, 6) is 0.388. The Balaban J connectivity index is 1.80. The molecule has 1 saturated heterocycles. The zero-order valence-corrected chi connectivity index (χ0v) is 13.2. The molecule has 1 aliphatic heterocycles. The van der Waals surface area contributed by atoms with Crippen molar-refractivity contribution < 1.29 is 14.1 Å². The predicted molar refractivity (Wildman–Crippen MR) is 82.9 cm³/mol. The highest BCUT2D eigenvalue weighted by molar-refractivity contribution is 6.30. The van der Waals surface area contributed by atoms with Gasteiger partial charge < -0.3 is 14.2 Å². The van der Waals surface area contributed by atoms with Crippen LogP contribution >= 0.6 is 11.6 Å². The molecule has 2 aromatic rings. The number of halogens is 1. The third kappa shape index (κ3) is 3.15. The van der Waals surface area contributed by atoms with Crippen LogP contribution in [-0.2, 0) is 4.74 Å². The number of rotatable bonds is 2. The van der Waals surface area contributed by atoms with Gasteiger partial charge in [0.1, 0.15) is 0 Å². The van der Waals surface area contributed by atoms with Crippen LogP contribution in [0.3, 0.4) is 0 Å². The summed E-state index contributed by atoms with van der Waals surface area (Å²) in [6.45, 7) is 5.03. The minimum atomic E-state index is -0.140. The fourth-order valence-corrected chi connectivity index (χ4v) is 2.85. The summed E-state index contributed by atoms with van der Waals surface area (Å²) >= 11 is 5.97. The predicted octanol–water partition coefficient (Wildman–Crippen LogP) is 3.24. The fraction of sp³-hybridized carbons (Fsp3) is 0.375. The summed E-state index contributed by atoms with van der Waals surface area (Å²) in [7, 11) is 0. The Morgan fingerprint density at radius 1 is 1.27 bits per heavy atom. The molecule has 22 heavy (non-hydrogen) atoms. The average Bonchev–Trinajstić information content (AvgIpc) is 2.95. The van der Waals surface area contributed by atoms with E-state index in [-0.39, 0.29) is 18.1 Å². The van der Waals surface area contributed by atoms with Crippen molar-refractivity contribution in [2.45, 2.75) is 26.1 Å². The van der Waals surface area contributed by atoms with Crippen LogP contribution in [0.25, 0.3) is 11.3 Å². The molecule has 0 spiro atoms. The zero-order valence-electron chi connectivity index (χ0n) is 12.5. The normalized spacial score (nSPS) is 21.9. The van der Waals surface area contributed by atoms with Crippen LogP contribution in [0.15, 0.2) is 34.9 Å². The van der Waals surface area contributed by atoms with Crippen LogP contribution in [0, 0.1) is 0 Å². The Kier molecular flexibility index (Phi) is 4.18. The molecular formula is C16H17ClN2O3. The van der Waals surface area contributed by atoms with Crippen LogP contribution in [0.5, 0.6) is 0 Å². The van der Waals surface area contributed by atoms with Crippen molar-refractivity contribution in [3.63, 3.8) is 0 Å². The molecule has 0 N–H and O–H groups in total. The smallest absolute Gasteiger partial charge is 0.276 e. The Bertz CT molecular complexity index is 676. The maximum absolute atomic E-state index is 12.5. The third-order valence-electron chi connectivity index (χ3n) is 3.55. The summed E-state index contributed by atoms with van der Waals surface area (Å²) in [4.78, 5) is 14.3. The second kappa shape index (κ2) is 6.10. The molecule has 3 rings (SSSR count). The molecule has 0 aliphatic carbocycles. The Labute approximate surface area is 133 Å². The molecular weight excluding hydrogens is 304 g/mol. The van der Waals surface area contributed by atoms with Crippen molar-refractivity contribution in [3.05, 3.63) is 41.0 Å². The van der Waals surface area contributed by atoms with E-state index in [4.69, 9.17) is 20.9 Å². The maximum Gasteiger partial charge on any atom is 0.276 e. The van der Waals surface area contributed by atoms with Crippen molar-refractivity contribution in [2.24, 2.45) is 0 Å². The number of hydrogen-bond acceptors (Lipinski definition) is 4. The van der Waals surface area contributed by atoms with Gasteiger partial charge in [-0.25, -0.2) is 0 Å². The number of ether oxygens (including phenoxy) is 1. The van der Waals surface area contributed by atoms with Crippen LogP contribution in [-0.4, -0.2) is 41.3 Å². The molecule has 6 heteroatoms. The molecule has 0 radical (unpaired) electrons. The molecule has 1 aliphatic rings. The molecule has 116 valence electrons. The number of amides is 1. The van der Waals surface area contributed by atoms with Gasteiger partial charge in [-0.05, 0) is 26.0 Å². The molecule has 2 unspecified atom stereocenters. The lowest BCUT2D eigenvalue weighted by Crippen LogP contribution is -2.48. The van der Waals surface area contributed by atoms with Gasteiger partial charge in [0.2, 0.25) is 0 Å². The number of hydrogen-bond donors (Lipinski definition) is 0. The molecule has 1 aromatic heterocycles. The standard InChI is InChI=1S/C16H17ClN2O3/c1-10-8-19(9-11(2)21-10)16(20)14-7-15(22-18-14)12-4-3-5-13(17)6-12/h3-7,10-11H,8-9H2,1-2H3. The summed E-state index contributed by atoms with van der Waals surface area (Å²) < 4.78 is 10.9.